The van der Waals surface area contributed by atoms with E-state index in [0.717, 1.165) is 12.1 Å². The van der Waals surface area contributed by atoms with Crippen LogP contribution in [0.4, 0.5) is 11.4 Å². The minimum atomic E-state index is 1.16. The van der Waals surface area contributed by atoms with Crippen LogP contribution < -0.4 is 10.8 Å². The first kappa shape index (κ1) is 17.3. The van der Waals surface area contributed by atoms with Crippen molar-refractivity contribution in [2.45, 2.75) is 34.1 Å². The van der Waals surface area contributed by atoms with Gasteiger partial charge in [0.05, 0.1) is 7.11 Å². The fourth-order valence-corrected chi connectivity index (χ4v) is 2.28. The van der Waals surface area contributed by atoms with E-state index in [4.69, 9.17) is 4.84 Å². The van der Waals surface area contributed by atoms with Crippen molar-refractivity contribution < 1.29 is 10.3 Å². The lowest BCUT2D eigenvalue weighted by atomic mass is 10.1. The van der Waals surface area contributed by atoms with Crippen LogP contribution in [0.5, 0.6) is 0 Å². The molecule has 0 aromatic heterocycles. The number of aryl methyl sites for hydroxylation is 3. The van der Waals surface area contributed by atoms with Crippen LogP contribution in [0.1, 0.15) is 30.0 Å². The molecule has 2 aromatic rings. The first-order valence-corrected chi connectivity index (χ1v) is 7.95. The van der Waals surface area contributed by atoms with Gasteiger partial charge in [-0.15, -0.1) is 0 Å². The molecule has 0 unspecified atom stereocenters. The Hall–Kier alpha value is -2.10. The van der Waals surface area contributed by atoms with Gasteiger partial charge >= 0.3 is 0 Å². The predicted molar refractivity (Wildman–Crippen MR) is 96.6 cm³/mol. The first-order valence-electron chi connectivity index (χ1n) is 7.95. The number of anilines is 1. The summed E-state index contributed by atoms with van der Waals surface area (Å²) in [5.41, 5.74) is 10.8. The van der Waals surface area contributed by atoms with Gasteiger partial charge in [-0.1, -0.05) is 24.3 Å². The zero-order valence-electron chi connectivity index (χ0n) is 14.7. The summed E-state index contributed by atoms with van der Waals surface area (Å²) < 4.78 is 0. The number of hydrogen-bond donors (Lipinski definition) is 2. The van der Waals surface area contributed by atoms with Crippen molar-refractivity contribution in [2.75, 3.05) is 12.4 Å². The molecule has 3 nitrogen and oxygen atoms in total. The van der Waals surface area contributed by atoms with Gasteiger partial charge in [0.15, 0.2) is 5.69 Å². The van der Waals surface area contributed by atoms with Crippen LogP contribution in [-0.4, -0.2) is 7.11 Å². The topological polar surface area (TPSA) is 37.9 Å². The quantitative estimate of drug-likeness (QED) is 0.658. The lowest BCUT2D eigenvalue weighted by Crippen LogP contribution is -2.76. The molecule has 0 amide bonds. The molecule has 0 saturated heterocycles. The highest BCUT2D eigenvalue weighted by Crippen LogP contribution is 2.30. The standard InChI is InChI=1S/C11H13N.C9H13NO/c1-8-4-3-5-10(6-8)12-11-7-9(11)2;1-7-4-5-8(2)9(6-7)10-11-3/h3-6,12H,7H2,1-2H3;4-6,10H,1-3H3/p+1. The van der Waals surface area contributed by atoms with E-state index < -0.39 is 0 Å². The van der Waals surface area contributed by atoms with E-state index in [1.807, 2.05) is 0 Å². The Balaban J connectivity index is 0.000000168. The van der Waals surface area contributed by atoms with E-state index in [1.54, 1.807) is 12.6 Å². The minimum Gasteiger partial charge on any atom is -0.359 e. The Morgan fingerprint density at radius 1 is 0.957 bits per heavy atom. The number of allylic oxidation sites excluding steroid dienone is 2. The third kappa shape index (κ3) is 5.55. The molecule has 1 aliphatic rings. The van der Waals surface area contributed by atoms with Gasteiger partial charge in [0, 0.05) is 29.4 Å². The fraction of sp³-hybridized carbons (Fsp3) is 0.300. The van der Waals surface area contributed by atoms with Crippen LogP contribution in [0.25, 0.3) is 0 Å². The van der Waals surface area contributed by atoms with Crippen molar-refractivity contribution in [3.63, 3.8) is 0 Å². The summed E-state index contributed by atoms with van der Waals surface area (Å²) in [7, 11) is 1.67. The number of hydrogen-bond acceptors (Lipinski definition) is 2. The third-order valence-electron chi connectivity index (χ3n) is 3.82. The van der Waals surface area contributed by atoms with E-state index in [9.17, 15) is 0 Å². The fourth-order valence-electron chi connectivity index (χ4n) is 2.28. The monoisotopic (exact) mass is 311 g/mol. The molecule has 0 atom stereocenters. The Kier molecular flexibility index (Phi) is 5.97. The second-order valence-electron chi connectivity index (χ2n) is 6.14. The zero-order valence-corrected chi connectivity index (χ0v) is 14.7. The van der Waals surface area contributed by atoms with Crippen molar-refractivity contribution in [2.24, 2.45) is 0 Å². The SMILES string of the molecule is CC1=C(Nc2cccc(C)c2)C1.CO[NH2+]c1cc(C)ccc1C. The molecular formula is C20H27N2O+. The smallest absolute Gasteiger partial charge is 0.165 e. The normalized spacial score (nSPS) is 12.6. The molecular weight excluding hydrogens is 284 g/mol. The molecule has 3 N–H and O–H groups in total. The summed E-state index contributed by atoms with van der Waals surface area (Å²) in [5.74, 6) is 0. The number of nitrogens with two attached hydrogens (primary N) is 1. The summed E-state index contributed by atoms with van der Waals surface area (Å²) in [5, 5.41) is 3.39. The maximum atomic E-state index is 4.94. The largest absolute Gasteiger partial charge is 0.359 e. The lowest BCUT2D eigenvalue weighted by molar-refractivity contribution is -0.830. The van der Waals surface area contributed by atoms with Gasteiger partial charge in [0.25, 0.3) is 0 Å². The van der Waals surface area contributed by atoms with Crippen LogP contribution >= 0.6 is 0 Å². The Morgan fingerprint density at radius 3 is 2.26 bits per heavy atom. The maximum Gasteiger partial charge on any atom is 0.165 e. The molecule has 0 aliphatic heterocycles. The Labute approximate surface area is 139 Å². The molecule has 122 valence electrons. The van der Waals surface area contributed by atoms with E-state index in [0.29, 0.717) is 0 Å². The van der Waals surface area contributed by atoms with E-state index in [-0.39, 0.29) is 0 Å². The van der Waals surface area contributed by atoms with Crippen LogP contribution in [0.15, 0.2) is 53.7 Å². The lowest BCUT2D eigenvalue weighted by Gasteiger charge is -2.01. The van der Waals surface area contributed by atoms with Gasteiger partial charge in [-0.25, -0.2) is 4.84 Å². The van der Waals surface area contributed by atoms with Crippen molar-refractivity contribution >= 4 is 11.4 Å². The highest BCUT2D eigenvalue weighted by Gasteiger charge is 2.15. The second-order valence-corrected chi connectivity index (χ2v) is 6.14. The van der Waals surface area contributed by atoms with Gasteiger partial charge in [-0.3, -0.25) is 0 Å². The van der Waals surface area contributed by atoms with Crippen molar-refractivity contribution in [1.82, 2.24) is 0 Å². The van der Waals surface area contributed by atoms with E-state index in [2.05, 4.69) is 75.5 Å². The highest BCUT2D eigenvalue weighted by molar-refractivity contribution is 5.55. The van der Waals surface area contributed by atoms with E-state index in [1.165, 1.54) is 33.6 Å². The summed E-state index contributed by atoms with van der Waals surface area (Å²) in [4.78, 5) is 4.94. The first-order chi connectivity index (χ1) is 11.0. The van der Waals surface area contributed by atoms with Gasteiger partial charge in [0.2, 0.25) is 0 Å². The van der Waals surface area contributed by atoms with Gasteiger partial charge in [0.1, 0.15) is 0 Å². The molecule has 1 aliphatic carbocycles. The highest BCUT2D eigenvalue weighted by atomic mass is 16.6. The molecule has 0 fully saturated rings. The molecule has 0 heterocycles. The van der Waals surface area contributed by atoms with Gasteiger partial charge in [-0.05, 0) is 56.5 Å². The summed E-state index contributed by atoms with van der Waals surface area (Å²) in [6, 6.07) is 14.8. The molecule has 3 heteroatoms. The number of rotatable bonds is 4. The molecule has 2 aromatic carbocycles. The van der Waals surface area contributed by atoms with Crippen LogP contribution in [0.3, 0.4) is 0 Å². The molecule has 0 radical (unpaired) electrons. The molecule has 3 rings (SSSR count). The van der Waals surface area contributed by atoms with Crippen LogP contribution in [-0.2, 0) is 4.84 Å². The number of quaternary nitrogens is 1. The average Bonchev–Trinajstić information content (AvgIpc) is 3.19. The minimum absolute atomic E-state index is 1.16. The summed E-state index contributed by atoms with van der Waals surface area (Å²) in [6.45, 7) is 8.42. The maximum absolute atomic E-state index is 4.94. The van der Waals surface area contributed by atoms with Crippen molar-refractivity contribution in [1.29, 1.82) is 0 Å². The molecule has 0 saturated carbocycles. The summed E-state index contributed by atoms with van der Waals surface area (Å²) >= 11 is 0. The van der Waals surface area contributed by atoms with Crippen molar-refractivity contribution in [3.05, 3.63) is 70.4 Å². The van der Waals surface area contributed by atoms with E-state index >= 15 is 0 Å². The predicted octanol–water partition coefficient (Wildman–Crippen LogP) is 4.14. The summed E-state index contributed by atoms with van der Waals surface area (Å²) in [6.07, 6.45) is 1.16. The van der Waals surface area contributed by atoms with Gasteiger partial charge < -0.3 is 5.32 Å². The zero-order chi connectivity index (χ0) is 16.8. The third-order valence-corrected chi connectivity index (χ3v) is 3.82. The molecule has 0 bridgehead atoms. The molecule has 23 heavy (non-hydrogen) atoms. The van der Waals surface area contributed by atoms with Crippen molar-refractivity contribution in [3.8, 4) is 0 Å². The van der Waals surface area contributed by atoms with Crippen LogP contribution in [0.2, 0.25) is 0 Å². The Morgan fingerprint density at radius 2 is 1.65 bits per heavy atom. The average molecular weight is 311 g/mol. The van der Waals surface area contributed by atoms with Crippen LogP contribution in [0, 0.1) is 20.8 Å². The number of benzene rings is 2. The number of nitrogens with one attached hydrogen (secondary N) is 1. The van der Waals surface area contributed by atoms with Gasteiger partial charge in [-0.2, -0.15) is 5.48 Å². The molecule has 0 spiro atoms. The second kappa shape index (κ2) is 7.95. The Bertz CT molecular complexity index is 705.